The van der Waals surface area contributed by atoms with E-state index in [0.717, 1.165) is 34.4 Å². The van der Waals surface area contributed by atoms with Gasteiger partial charge >= 0.3 is 6.18 Å². The molecule has 1 atom stereocenters. The molecule has 0 saturated heterocycles. The number of carbonyl (C=O) groups is 1. The average molecular weight is 558 g/mol. The standard InChI is InChI=1S/C26H22F3N5O4S/c1-14-10-18-22(38-14)17-7-5-15(11-19(17)33-23(18)30)13-34(20-4-3-9-31-24(20)39(2,36)37)25(35)16-6-8-21(32-12-16)26(27,28)29/h3-9,11-12,14H,10,13H2,1-2H3,(H2,30,33). The Hall–Kier alpha value is -4.26. The van der Waals surface area contributed by atoms with Crippen molar-refractivity contribution in [2.24, 2.45) is 0 Å². The van der Waals surface area contributed by atoms with Crippen molar-refractivity contribution in [3.05, 3.63) is 77.2 Å². The predicted molar refractivity (Wildman–Crippen MR) is 137 cm³/mol. The van der Waals surface area contributed by atoms with Gasteiger partial charge in [0.2, 0.25) is 0 Å². The second kappa shape index (κ2) is 9.49. The van der Waals surface area contributed by atoms with Gasteiger partial charge in [0.1, 0.15) is 23.4 Å². The number of nitrogens with zero attached hydrogens (tertiary/aromatic N) is 4. The number of aromatic nitrogens is 3. The van der Waals surface area contributed by atoms with Crippen molar-refractivity contribution in [3.63, 3.8) is 0 Å². The molecule has 2 N–H and O–H groups in total. The number of nitrogens with two attached hydrogens (primary N) is 1. The minimum absolute atomic E-state index is 0.0384. The Morgan fingerprint density at radius 1 is 1.18 bits per heavy atom. The molecular formula is C26H22F3N5O4S. The van der Waals surface area contributed by atoms with Crippen LogP contribution in [-0.4, -0.2) is 41.6 Å². The van der Waals surface area contributed by atoms with Crippen molar-refractivity contribution >= 4 is 38.2 Å². The van der Waals surface area contributed by atoms with Gasteiger partial charge in [0, 0.05) is 36.0 Å². The van der Waals surface area contributed by atoms with E-state index in [1.807, 2.05) is 6.92 Å². The van der Waals surface area contributed by atoms with E-state index in [2.05, 4.69) is 15.0 Å². The van der Waals surface area contributed by atoms with Crippen LogP contribution in [-0.2, 0) is 29.0 Å². The molecule has 1 aliphatic rings. The zero-order valence-electron chi connectivity index (χ0n) is 20.7. The van der Waals surface area contributed by atoms with E-state index in [-0.39, 0.29) is 28.9 Å². The van der Waals surface area contributed by atoms with Crippen molar-refractivity contribution in [3.8, 4) is 5.75 Å². The quantitative estimate of drug-likeness (QED) is 0.387. The highest BCUT2D eigenvalue weighted by Crippen LogP contribution is 2.39. The Kier molecular flexibility index (Phi) is 6.41. The number of pyridine rings is 3. The molecule has 1 aliphatic heterocycles. The molecule has 5 rings (SSSR count). The Morgan fingerprint density at radius 3 is 2.62 bits per heavy atom. The van der Waals surface area contributed by atoms with Crippen LogP contribution >= 0.6 is 0 Å². The maximum absolute atomic E-state index is 13.6. The average Bonchev–Trinajstić information content (AvgIpc) is 3.28. The molecule has 4 aromatic rings. The topological polar surface area (TPSA) is 128 Å². The molecule has 39 heavy (non-hydrogen) atoms. The maximum atomic E-state index is 13.6. The summed E-state index contributed by atoms with van der Waals surface area (Å²) in [7, 11) is -3.88. The molecule has 3 aromatic heterocycles. The summed E-state index contributed by atoms with van der Waals surface area (Å²) in [6, 6.07) is 9.74. The molecule has 0 aliphatic carbocycles. The third kappa shape index (κ3) is 5.09. The van der Waals surface area contributed by atoms with Gasteiger partial charge in [-0.25, -0.2) is 18.4 Å². The zero-order valence-corrected chi connectivity index (χ0v) is 21.5. The highest BCUT2D eigenvalue weighted by Gasteiger charge is 2.33. The highest BCUT2D eigenvalue weighted by molar-refractivity contribution is 7.90. The van der Waals surface area contributed by atoms with Gasteiger partial charge in [0.25, 0.3) is 5.91 Å². The summed E-state index contributed by atoms with van der Waals surface area (Å²) in [5.41, 5.74) is 6.67. The van der Waals surface area contributed by atoms with Crippen molar-refractivity contribution < 1.29 is 31.1 Å². The first-order valence-corrected chi connectivity index (χ1v) is 13.6. The van der Waals surface area contributed by atoms with E-state index in [1.54, 1.807) is 18.2 Å². The SMILES string of the molecule is CC1Cc2c(N)nc3cc(CN(C(=O)c4ccc(C(F)(F)F)nc4)c4cccnc4S(C)(=O)=O)ccc3c2O1. The van der Waals surface area contributed by atoms with E-state index in [4.69, 9.17) is 10.5 Å². The summed E-state index contributed by atoms with van der Waals surface area (Å²) in [4.78, 5) is 26.6. The van der Waals surface area contributed by atoms with E-state index >= 15 is 0 Å². The number of carbonyl (C=O) groups excluding carboxylic acids is 1. The van der Waals surface area contributed by atoms with Crippen LogP contribution in [0.3, 0.4) is 0 Å². The summed E-state index contributed by atoms with van der Waals surface area (Å²) in [6.07, 6.45) is -1.09. The van der Waals surface area contributed by atoms with Gasteiger partial charge in [0.05, 0.1) is 23.3 Å². The lowest BCUT2D eigenvalue weighted by Crippen LogP contribution is -2.32. The molecule has 1 unspecified atom stereocenters. The number of hydrogen-bond acceptors (Lipinski definition) is 8. The van der Waals surface area contributed by atoms with Crippen LogP contribution in [0.15, 0.2) is 59.9 Å². The van der Waals surface area contributed by atoms with Gasteiger partial charge in [-0.3, -0.25) is 9.78 Å². The molecule has 0 fully saturated rings. The highest BCUT2D eigenvalue weighted by atomic mass is 32.2. The molecule has 0 radical (unpaired) electrons. The van der Waals surface area contributed by atoms with Crippen molar-refractivity contribution in [2.75, 3.05) is 16.9 Å². The largest absolute Gasteiger partial charge is 0.489 e. The Morgan fingerprint density at radius 2 is 1.95 bits per heavy atom. The number of sulfone groups is 1. The van der Waals surface area contributed by atoms with Gasteiger partial charge in [-0.05, 0) is 48.9 Å². The smallest absolute Gasteiger partial charge is 0.433 e. The number of anilines is 2. The van der Waals surface area contributed by atoms with Gasteiger partial charge in [-0.2, -0.15) is 13.2 Å². The summed E-state index contributed by atoms with van der Waals surface area (Å²) in [5.74, 6) is 0.203. The molecule has 1 amide bonds. The minimum Gasteiger partial charge on any atom is -0.489 e. The molecule has 0 bridgehead atoms. The third-order valence-corrected chi connectivity index (χ3v) is 7.24. The lowest BCUT2D eigenvalue weighted by atomic mass is 10.1. The van der Waals surface area contributed by atoms with E-state index in [0.29, 0.717) is 35.1 Å². The fraction of sp³-hybridized carbons (Fsp3) is 0.231. The first kappa shape index (κ1) is 26.4. The first-order valence-electron chi connectivity index (χ1n) is 11.7. The summed E-state index contributed by atoms with van der Waals surface area (Å²) >= 11 is 0. The fourth-order valence-corrected chi connectivity index (χ4v) is 5.28. The second-order valence-electron chi connectivity index (χ2n) is 9.21. The van der Waals surface area contributed by atoms with Gasteiger partial charge in [-0.1, -0.05) is 6.07 Å². The number of hydrogen-bond donors (Lipinski definition) is 1. The van der Waals surface area contributed by atoms with Crippen LogP contribution in [0.2, 0.25) is 0 Å². The number of alkyl halides is 3. The predicted octanol–water partition coefficient (Wildman–Crippen LogP) is 4.20. The van der Waals surface area contributed by atoms with Crippen LogP contribution < -0.4 is 15.4 Å². The molecule has 202 valence electrons. The van der Waals surface area contributed by atoms with E-state index in [1.165, 1.54) is 18.3 Å². The second-order valence-corrected chi connectivity index (χ2v) is 11.1. The Labute approximate surface area is 221 Å². The molecular weight excluding hydrogens is 535 g/mol. The minimum atomic E-state index is -4.68. The Bertz CT molecular complexity index is 1710. The van der Waals surface area contributed by atoms with Crippen LogP contribution in [0, 0.1) is 0 Å². The number of halogens is 3. The molecule has 9 nitrogen and oxygen atoms in total. The van der Waals surface area contributed by atoms with Gasteiger partial charge in [0.15, 0.2) is 14.9 Å². The van der Waals surface area contributed by atoms with Gasteiger partial charge < -0.3 is 15.4 Å². The van der Waals surface area contributed by atoms with E-state index < -0.39 is 27.6 Å². The molecule has 13 heteroatoms. The number of benzene rings is 1. The number of fused-ring (bicyclic) bond motifs is 3. The molecule has 1 aromatic carbocycles. The summed E-state index contributed by atoms with van der Waals surface area (Å²) in [6.45, 7) is 1.77. The molecule has 4 heterocycles. The van der Waals surface area contributed by atoms with Crippen LogP contribution in [0.4, 0.5) is 24.7 Å². The normalized spacial score (nSPS) is 15.2. The van der Waals surface area contributed by atoms with Crippen molar-refractivity contribution in [1.82, 2.24) is 15.0 Å². The summed E-state index contributed by atoms with van der Waals surface area (Å²) in [5, 5.41) is 0.372. The van der Waals surface area contributed by atoms with Crippen LogP contribution in [0.1, 0.15) is 34.1 Å². The van der Waals surface area contributed by atoms with Gasteiger partial charge in [-0.15, -0.1) is 0 Å². The number of rotatable bonds is 5. The zero-order chi connectivity index (χ0) is 28.1. The van der Waals surface area contributed by atoms with Crippen molar-refractivity contribution in [2.45, 2.75) is 37.2 Å². The van der Waals surface area contributed by atoms with E-state index in [9.17, 15) is 26.4 Å². The van der Waals surface area contributed by atoms with Crippen LogP contribution in [0.25, 0.3) is 10.9 Å². The first-order chi connectivity index (χ1) is 18.3. The lowest BCUT2D eigenvalue weighted by Gasteiger charge is -2.25. The number of nitrogen functional groups attached to an aromatic ring is 1. The maximum Gasteiger partial charge on any atom is 0.433 e. The molecule has 0 saturated carbocycles. The van der Waals surface area contributed by atoms with Crippen molar-refractivity contribution in [1.29, 1.82) is 0 Å². The van der Waals surface area contributed by atoms with Crippen LogP contribution in [0.5, 0.6) is 5.75 Å². The summed E-state index contributed by atoms with van der Waals surface area (Å²) < 4.78 is 70.0. The Balaban J connectivity index is 1.59. The molecule has 0 spiro atoms. The third-order valence-electron chi connectivity index (χ3n) is 6.22. The lowest BCUT2D eigenvalue weighted by molar-refractivity contribution is -0.141. The monoisotopic (exact) mass is 557 g/mol. The fourth-order valence-electron chi connectivity index (χ4n) is 4.46. The number of amides is 1. The number of ether oxygens (including phenoxy) is 1.